The largest absolute Gasteiger partial charge is 0.379 e. The molecule has 0 atom stereocenters. The van der Waals surface area contributed by atoms with Crippen LogP contribution >= 0.6 is 21.6 Å². The van der Waals surface area contributed by atoms with Gasteiger partial charge < -0.3 is 47.4 Å². The van der Waals surface area contributed by atoms with Crippen LogP contribution in [0, 0.1) is 0 Å². The second kappa shape index (κ2) is 67.3. The van der Waals surface area contributed by atoms with Crippen molar-refractivity contribution in [1.82, 2.24) is 0 Å². The SMILES string of the molecule is CCCCCCCCCCCCCCCCCCOCCOCCOCCOCCOCCSSCCOCCOCCOCCOCCOCCCCCCCCCCCCCCCCCC. The van der Waals surface area contributed by atoms with Crippen LogP contribution in [0.2, 0.25) is 0 Å². The average Bonchev–Trinajstić information content (AvgIpc) is 3.35. The summed E-state index contributed by atoms with van der Waals surface area (Å²) in [5, 5.41) is 0. The summed E-state index contributed by atoms with van der Waals surface area (Å²) in [6.45, 7) is 17.3. The number of hydrogen-bond donors (Lipinski definition) is 0. The van der Waals surface area contributed by atoms with Crippen molar-refractivity contribution in [3.63, 3.8) is 0 Å². The van der Waals surface area contributed by atoms with E-state index in [1.807, 2.05) is 21.6 Å². The van der Waals surface area contributed by atoms with Gasteiger partial charge in [-0.25, -0.2) is 0 Å². The highest BCUT2D eigenvalue weighted by molar-refractivity contribution is 8.76. The van der Waals surface area contributed by atoms with Crippen molar-refractivity contribution >= 4 is 21.6 Å². The maximum Gasteiger partial charge on any atom is 0.0701 e. The third-order valence-corrected chi connectivity index (χ3v) is 14.3. The normalized spacial score (nSPS) is 11.7. The predicted octanol–water partition coefficient (Wildman–Crippen LogP) is 15.1. The lowest BCUT2D eigenvalue weighted by atomic mass is 10.0. The quantitative estimate of drug-likeness (QED) is 0.0429. The fourth-order valence-corrected chi connectivity index (χ4v) is 9.49. The molecule has 0 aliphatic carbocycles. The van der Waals surface area contributed by atoms with Crippen LogP contribution in [0.1, 0.15) is 219 Å². The van der Waals surface area contributed by atoms with Gasteiger partial charge in [-0.3, -0.25) is 0 Å². The van der Waals surface area contributed by atoms with E-state index in [0.29, 0.717) is 106 Å². The standard InChI is InChI=1S/C56H114O10S2/c1-3-5-7-9-11-13-15-17-19-21-23-25-27-29-31-33-35-57-37-39-59-41-43-61-45-47-63-49-51-65-53-55-67-68-56-54-66-52-50-64-48-46-62-44-42-60-40-38-58-36-34-32-30-28-26-24-22-20-18-16-14-12-10-8-6-4-2/h3-56H2,1-2H3. The van der Waals surface area contributed by atoms with Crippen LogP contribution in [0.3, 0.4) is 0 Å². The molecule has 0 amide bonds. The van der Waals surface area contributed by atoms with E-state index in [0.717, 1.165) is 50.8 Å². The van der Waals surface area contributed by atoms with Gasteiger partial charge in [0.2, 0.25) is 0 Å². The average molecular weight is 1010 g/mol. The Morgan fingerprint density at radius 2 is 0.309 bits per heavy atom. The number of unbranched alkanes of at least 4 members (excludes halogenated alkanes) is 30. The number of rotatable bonds is 65. The minimum Gasteiger partial charge on any atom is -0.379 e. The summed E-state index contributed by atoms with van der Waals surface area (Å²) in [5.74, 6) is 1.89. The molecule has 0 spiro atoms. The summed E-state index contributed by atoms with van der Waals surface area (Å²) in [4.78, 5) is 0. The molecule has 10 nitrogen and oxygen atoms in total. The Morgan fingerprint density at radius 1 is 0.162 bits per heavy atom. The molecule has 68 heavy (non-hydrogen) atoms. The molecular weight excluding hydrogens is 897 g/mol. The van der Waals surface area contributed by atoms with Crippen molar-refractivity contribution in [2.24, 2.45) is 0 Å². The van der Waals surface area contributed by atoms with E-state index in [1.165, 1.54) is 193 Å². The van der Waals surface area contributed by atoms with E-state index in [1.54, 1.807) is 0 Å². The minimum atomic E-state index is 0.570. The van der Waals surface area contributed by atoms with E-state index in [2.05, 4.69) is 13.8 Å². The molecule has 410 valence electrons. The monoisotopic (exact) mass is 1010 g/mol. The lowest BCUT2D eigenvalue weighted by Gasteiger charge is -2.08. The van der Waals surface area contributed by atoms with Crippen LogP contribution in [0.15, 0.2) is 0 Å². The van der Waals surface area contributed by atoms with Gasteiger partial charge in [-0.15, -0.1) is 0 Å². The molecule has 12 heteroatoms. The second-order valence-corrected chi connectivity index (χ2v) is 21.1. The zero-order chi connectivity index (χ0) is 48.7. The third-order valence-electron chi connectivity index (χ3n) is 12.0. The summed E-state index contributed by atoms with van der Waals surface area (Å²) in [5.41, 5.74) is 0. The Balaban J connectivity index is 3.07. The topological polar surface area (TPSA) is 92.3 Å². The Bertz CT molecular complexity index is 785. The Kier molecular flexibility index (Phi) is 67.6. The molecular formula is C56H114O10S2. The Hall–Kier alpha value is 0.300. The van der Waals surface area contributed by atoms with E-state index in [-0.39, 0.29) is 0 Å². The maximum atomic E-state index is 5.72. The summed E-state index contributed by atoms with van der Waals surface area (Å²) in [7, 11) is 3.62. The van der Waals surface area contributed by atoms with Crippen LogP contribution in [0.25, 0.3) is 0 Å². The van der Waals surface area contributed by atoms with Gasteiger partial charge >= 0.3 is 0 Å². The summed E-state index contributed by atoms with van der Waals surface area (Å²) in [6, 6.07) is 0. The molecule has 0 saturated heterocycles. The first-order chi connectivity index (χ1) is 33.9. The molecule has 0 fully saturated rings. The van der Waals surface area contributed by atoms with E-state index in [4.69, 9.17) is 47.4 Å². The molecule has 0 rings (SSSR count). The lowest BCUT2D eigenvalue weighted by Crippen LogP contribution is -2.13. The Labute approximate surface area is 430 Å². The van der Waals surface area contributed by atoms with Gasteiger partial charge in [-0.05, 0) is 12.8 Å². The van der Waals surface area contributed by atoms with Crippen LogP contribution < -0.4 is 0 Å². The fraction of sp³-hybridized carbons (Fsp3) is 1.00. The van der Waals surface area contributed by atoms with Crippen LogP contribution in [-0.2, 0) is 47.4 Å². The van der Waals surface area contributed by atoms with Crippen LogP contribution in [-0.4, -0.2) is 144 Å². The molecule has 0 aromatic rings. The molecule has 0 radical (unpaired) electrons. The molecule has 0 saturated carbocycles. The summed E-state index contributed by atoms with van der Waals surface area (Å²) < 4.78 is 56.4. The second-order valence-electron chi connectivity index (χ2n) is 18.4. The van der Waals surface area contributed by atoms with Crippen molar-refractivity contribution < 1.29 is 47.4 Å². The lowest BCUT2D eigenvalue weighted by molar-refractivity contribution is -0.0103. The van der Waals surface area contributed by atoms with Gasteiger partial charge in [0.1, 0.15) is 0 Å². The van der Waals surface area contributed by atoms with Crippen molar-refractivity contribution in [2.75, 3.05) is 144 Å². The first-order valence-corrected chi connectivity index (χ1v) is 31.4. The van der Waals surface area contributed by atoms with Gasteiger partial charge in [0.05, 0.1) is 119 Å². The number of hydrogen-bond acceptors (Lipinski definition) is 12. The summed E-state index contributed by atoms with van der Waals surface area (Å²) >= 11 is 0. The van der Waals surface area contributed by atoms with E-state index < -0.39 is 0 Å². The Morgan fingerprint density at radius 3 is 0.500 bits per heavy atom. The molecule has 0 N–H and O–H groups in total. The van der Waals surface area contributed by atoms with Crippen molar-refractivity contribution in [3.8, 4) is 0 Å². The predicted molar refractivity (Wildman–Crippen MR) is 292 cm³/mol. The van der Waals surface area contributed by atoms with Gasteiger partial charge in [0.15, 0.2) is 0 Å². The molecule has 0 unspecified atom stereocenters. The first-order valence-electron chi connectivity index (χ1n) is 28.9. The van der Waals surface area contributed by atoms with Crippen molar-refractivity contribution in [2.45, 2.75) is 219 Å². The molecule has 0 aromatic carbocycles. The van der Waals surface area contributed by atoms with Crippen molar-refractivity contribution in [3.05, 3.63) is 0 Å². The molecule has 0 bridgehead atoms. The van der Waals surface area contributed by atoms with E-state index in [9.17, 15) is 0 Å². The van der Waals surface area contributed by atoms with Gasteiger partial charge in [-0.1, -0.05) is 228 Å². The smallest absolute Gasteiger partial charge is 0.0701 e. The maximum absolute atomic E-state index is 5.72. The minimum absolute atomic E-state index is 0.570. The van der Waals surface area contributed by atoms with Crippen LogP contribution in [0.4, 0.5) is 0 Å². The number of ether oxygens (including phenoxy) is 10. The zero-order valence-corrected chi connectivity index (χ0v) is 46.7. The molecule has 0 heterocycles. The van der Waals surface area contributed by atoms with Gasteiger partial charge in [0, 0.05) is 24.7 Å². The van der Waals surface area contributed by atoms with Gasteiger partial charge in [-0.2, -0.15) is 0 Å². The molecule has 0 aliphatic heterocycles. The highest BCUT2D eigenvalue weighted by Crippen LogP contribution is 2.20. The highest BCUT2D eigenvalue weighted by atomic mass is 33.1. The van der Waals surface area contributed by atoms with Gasteiger partial charge in [0.25, 0.3) is 0 Å². The fourth-order valence-electron chi connectivity index (χ4n) is 7.77. The van der Waals surface area contributed by atoms with Crippen LogP contribution in [0.5, 0.6) is 0 Å². The summed E-state index contributed by atoms with van der Waals surface area (Å²) in [6.07, 6.45) is 44.5. The molecule has 0 aliphatic rings. The van der Waals surface area contributed by atoms with Crippen molar-refractivity contribution in [1.29, 1.82) is 0 Å². The zero-order valence-electron chi connectivity index (χ0n) is 45.1. The third kappa shape index (κ3) is 66.3. The highest BCUT2D eigenvalue weighted by Gasteiger charge is 2.00. The molecule has 0 aromatic heterocycles. The van der Waals surface area contributed by atoms with E-state index >= 15 is 0 Å². The first kappa shape index (κ1) is 68.3.